The lowest BCUT2D eigenvalue weighted by Gasteiger charge is -2.27. The first-order chi connectivity index (χ1) is 12.4. The molecule has 1 aliphatic heterocycles. The maximum atomic E-state index is 12.3. The van der Waals surface area contributed by atoms with Crippen LogP contribution in [0.1, 0.15) is 25.3 Å². The molecule has 0 bridgehead atoms. The first kappa shape index (κ1) is 17.5. The number of carbonyl (C=O) groups excluding carboxylic acids is 1. The van der Waals surface area contributed by atoms with E-state index in [9.17, 15) is 14.7 Å². The highest BCUT2D eigenvalue weighted by molar-refractivity contribution is 5.94. The number of carbonyl (C=O) groups is 2. The molecule has 26 heavy (non-hydrogen) atoms. The minimum absolute atomic E-state index is 0.0319. The van der Waals surface area contributed by atoms with Crippen LogP contribution in [-0.2, 0) is 9.53 Å². The summed E-state index contributed by atoms with van der Waals surface area (Å²) < 4.78 is 5.82. The Morgan fingerprint density at radius 2 is 1.54 bits per heavy atom. The lowest BCUT2D eigenvalue weighted by atomic mass is 9.81. The predicted molar refractivity (Wildman–Crippen MR) is 97.6 cm³/mol. The Bertz CT molecular complexity index is 845. The molecule has 3 N–H and O–H groups in total. The van der Waals surface area contributed by atoms with Gasteiger partial charge in [0.25, 0.3) is 0 Å². The van der Waals surface area contributed by atoms with E-state index in [0.29, 0.717) is 5.69 Å². The fraction of sp³-hybridized carbons (Fsp3) is 0.200. The van der Waals surface area contributed by atoms with Crippen molar-refractivity contribution in [1.82, 2.24) is 5.32 Å². The van der Waals surface area contributed by atoms with Crippen LogP contribution in [0.15, 0.2) is 72.1 Å². The van der Waals surface area contributed by atoms with Crippen molar-refractivity contribution in [3.63, 3.8) is 0 Å². The molecule has 2 aromatic carbocycles. The molecule has 1 heterocycles. The zero-order valence-corrected chi connectivity index (χ0v) is 14.5. The molecular formula is C20H20N2O4. The number of hydrogen-bond acceptors (Lipinski definition) is 3. The highest BCUT2D eigenvalue weighted by Gasteiger charge is 2.47. The van der Waals surface area contributed by atoms with E-state index in [-0.39, 0.29) is 11.5 Å². The van der Waals surface area contributed by atoms with Crippen molar-refractivity contribution >= 4 is 17.7 Å². The summed E-state index contributed by atoms with van der Waals surface area (Å²) in [7, 11) is 0. The van der Waals surface area contributed by atoms with Crippen LogP contribution in [0.25, 0.3) is 0 Å². The van der Waals surface area contributed by atoms with Crippen molar-refractivity contribution in [2.75, 3.05) is 5.32 Å². The quantitative estimate of drug-likeness (QED) is 0.783. The largest absolute Gasteiger partial charge is 0.478 e. The van der Waals surface area contributed by atoms with Crippen molar-refractivity contribution in [3.05, 3.63) is 77.7 Å². The fourth-order valence-corrected chi connectivity index (χ4v) is 3.17. The minimum atomic E-state index is -1.13. The average molecular weight is 352 g/mol. The van der Waals surface area contributed by atoms with Gasteiger partial charge in [0.1, 0.15) is 11.2 Å². The van der Waals surface area contributed by atoms with E-state index in [0.717, 1.165) is 5.56 Å². The van der Waals surface area contributed by atoms with Gasteiger partial charge in [0.15, 0.2) is 0 Å². The Kier molecular flexibility index (Phi) is 4.67. The number of amides is 2. The van der Waals surface area contributed by atoms with Gasteiger partial charge in [0.05, 0.1) is 5.92 Å². The van der Waals surface area contributed by atoms with Gasteiger partial charge in [-0.2, -0.15) is 0 Å². The molecule has 1 unspecified atom stereocenters. The van der Waals surface area contributed by atoms with Gasteiger partial charge in [-0.25, -0.2) is 9.59 Å². The van der Waals surface area contributed by atoms with E-state index in [4.69, 9.17) is 4.74 Å². The highest BCUT2D eigenvalue weighted by Crippen LogP contribution is 2.45. The summed E-state index contributed by atoms with van der Waals surface area (Å²) in [5, 5.41) is 14.9. The summed E-state index contributed by atoms with van der Waals surface area (Å²) in [6, 6.07) is 17.6. The number of carboxylic acid groups (broad SMARTS) is 1. The standard InChI is InChI=1S/C20H20N2O4/c1-20(2)16(13-9-5-3-6-10-13)15(18(23)24)17(26-20)22-19(25)21-14-11-7-4-8-12-14/h3-12,16H,1-2H3,(H,23,24)(H2,21,22,25). The van der Waals surface area contributed by atoms with Crippen LogP contribution in [0.5, 0.6) is 0 Å². The molecule has 6 nitrogen and oxygen atoms in total. The van der Waals surface area contributed by atoms with Crippen molar-refractivity contribution in [2.45, 2.75) is 25.4 Å². The molecule has 2 amide bonds. The molecule has 0 aromatic heterocycles. The summed E-state index contributed by atoms with van der Waals surface area (Å²) in [6.45, 7) is 3.61. The Morgan fingerprint density at radius 1 is 0.962 bits per heavy atom. The van der Waals surface area contributed by atoms with E-state index in [1.165, 1.54) is 0 Å². The van der Waals surface area contributed by atoms with Gasteiger partial charge in [-0.1, -0.05) is 48.5 Å². The third kappa shape index (κ3) is 3.54. The predicted octanol–water partition coefficient (Wildman–Crippen LogP) is 3.70. The number of benzene rings is 2. The summed E-state index contributed by atoms with van der Waals surface area (Å²) in [5.74, 6) is -1.67. The van der Waals surface area contributed by atoms with Crippen molar-refractivity contribution in [3.8, 4) is 0 Å². The summed E-state index contributed by atoms with van der Waals surface area (Å²) in [5.41, 5.74) is 0.628. The molecule has 0 saturated carbocycles. The Morgan fingerprint density at radius 3 is 2.12 bits per heavy atom. The van der Waals surface area contributed by atoms with Crippen LogP contribution in [-0.4, -0.2) is 22.7 Å². The number of rotatable bonds is 4. The number of nitrogens with one attached hydrogen (secondary N) is 2. The Hall–Kier alpha value is -3.28. The number of para-hydroxylation sites is 1. The molecular weight excluding hydrogens is 332 g/mol. The van der Waals surface area contributed by atoms with Gasteiger partial charge in [-0.15, -0.1) is 0 Å². The van der Waals surface area contributed by atoms with E-state index >= 15 is 0 Å². The SMILES string of the molecule is CC1(C)OC(NC(=O)Nc2ccccc2)=C(C(=O)O)C1c1ccccc1. The monoisotopic (exact) mass is 352 g/mol. The second-order valence-corrected chi connectivity index (χ2v) is 6.54. The molecule has 0 radical (unpaired) electrons. The van der Waals surface area contributed by atoms with Gasteiger partial charge >= 0.3 is 12.0 Å². The zero-order valence-electron chi connectivity index (χ0n) is 14.5. The molecule has 1 aliphatic rings. The molecule has 0 fully saturated rings. The molecule has 0 saturated heterocycles. The van der Waals surface area contributed by atoms with Gasteiger partial charge < -0.3 is 15.2 Å². The average Bonchev–Trinajstić information content (AvgIpc) is 2.86. The van der Waals surface area contributed by atoms with E-state index < -0.39 is 23.5 Å². The number of ether oxygens (including phenoxy) is 1. The fourth-order valence-electron chi connectivity index (χ4n) is 3.17. The lowest BCUT2D eigenvalue weighted by molar-refractivity contribution is -0.133. The summed E-state index contributed by atoms with van der Waals surface area (Å²) >= 11 is 0. The van der Waals surface area contributed by atoms with E-state index in [1.54, 1.807) is 38.1 Å². The number of urea groups is 1. The molecule has 0 spiro atoms. The second-order valence-electron chi connectivity index (χ2n) is 6.54. The number of aliphatic carboxylic acids is 1. The maximum Gasteiger partial charge on any atom is 0.337 e. The second kappa shape index (κ2) is 6.92. The number of anilines is 1. The third-order valence-electron chi connectivity index (χ3n) is 4.22. The first-order valence-electron chi connectivity index (χ1n) is 8.23. The smallest absolute Gasteiger partial charge is 0.337 e. The highest BCUT2D eigenvalue weighted by atomic mass is 16.5. The lowest BCUT2D eigenvalue weighted by Crippen LogP contribution is -2.32. The van der Waals surface area contributed by atoms with E-state index in [1.807, 2.05) is 36.4 Å². The van der Waals surface area contributed by atoms with Crippen molar-refractivity contribution in [1.29, 1.82) is 0 Å². The zero-order chi connectivity index (χ0) is 18.7. The number of carboxylic acids is 1. The van der Waals surface area contributed by atoms with Crippen LogP contribution in [0, 0.1) is 0 Å². The molecule has 0 aliphatic carbocycles. The molecule has 134 valence electrons. The Balaban J connectivity index is 1.89. The van der Waals surface area contributed by atoms with E-state index in [2.05, 4.69) is 10.6 Å². The van der Waals surface area contributed by atoms with Gasteiger partial charge in [-0.05, 0) is 31.5 Å². The topological polar surface area (TPSA) is 87.7 Å². The van der Waals surface area contributed by atoms with Crippen molar-refractivity contribution < 1.29 is 19.4 Å². The van der Waals surface area contributed by atoms with Gasteiger partial charge in [0, 0.05) is 5.69 Å². The van der Waals surface area contributed by atoms with Gasteiger partial charge in [0.2, 0.25) is 5.88 Å². The number of hydrogen-bond donors (Lipinski definition) is 3. The van der Waals surface area contributed by atoms with Crippen molar-refractivity contribution in [2.24, 2.45) is 0 Å². The Labute approximate surface area is 151 Å². The first-order valence-corrected chi connectivity index (χ1v) is 8.23. The maximum absolute atomic E-state index is 12.3. The van der Waals surface area contributed by atoms with Crippen LogP contribution in [0.2, 0.25) is 0 Å². The molecule has 1 atom stereocenters. The summed E-state index contributed by atoms with van der Waals surface area (Å²) in [6.07, 6.45) is 0. The summed E-state index contributed by atoms with van der Waals surface area (Å²) in [4.78, 5) is 24.2. The molecule has 6 heteroatoms. The molecule has 2 aromatic rings. The van der Waals surface area contributed by atoms with Crippen LogP contribution in [0.4, 0.5) is 10.5 Å². The van der Waals surface area contributed by atoms with Crippen LogP contribution in [0.3, 0.4) is 0 Å². The third-order valence-corrected chi connectivity index (χ3v) is 4.22. The minimum Gasteiger partial charge on any atom is -0.478 e. The normalized spacial score (nSPS) is 18.2. The van der Waals surface area contributed by atoms with Crippen LogP contribution >= 0.6 is 0 Å². The molecule has 3 rings (SSSR count). The van der Waals surface area contributed by atoms with Gasteiger partial charge in [-0.3, -0.25) is 5.32 Å². The van der Waals surface area contributed by atoms with Crippen LogP contribution < -0.4 is 10.6 Å².